The number of carbonyl (C=O) groups is 2. The molecular formula is C22H22N4O2S. The predicted octanol–water partition coefficient (Wildman–Crippen LogP) is 4.03. The molecular weight excluding hydrogens is 384 g/mol. The van der Waals surface area contributed by atoms with Crippen molar-refractivity contribution in [2.45, 2.75) is 31.6 Å². The van der Waals surface area contributed by atoms with E-state index in [4.69, 9.17) is 0 Å². The molecule has 0 radical (unpaired) electrons. The molecule has 0 bridgehead atoms. The molecule has 2 N–H and O–H groups in total. The minimum Gasteiger partial charge on any atom is -0.352 e. The van der Waals surface area contributed by atoms with E-state index in [9.17, 15) is 9.59 Å². The van der Waals surface area contributed by atoms with Gasteiger partial charge in [0.25, 0.3) is 11.8 Å². The molecule has 0 saturated heterocycles. The van der Waals surface area contributed by atoms with Crippen LogP contribution in [-0.4, -0.2) is 28.6 Å². The molecule has 1 heterocycles. The summed E-state index contributed by atoms with van der Waals surface area (Å²) >= 11 is 1.34. The first-order valence-electron chi connectivity index (χ1n) is 9.76. The van der Waals surface area contributed by atoms with Crippen LogP contribution in [0, 0.1) is 0 Å². The van der Waals surface area contributed by atoms with Gasteiger partial charge in [-0.15, -0.1) is 10.2 Å². The highest BCUT2D eigenvalue weighted by molar-refractivity contribution is 7.13. The largest absolute Gasteiger partial charge is 0.352 e. The van der Waals surface area contributed by atoms with Crippen molar-refractivity contribution in [1.29, 1.82) is 0 Å². The Bertz CT molecular complexity index is 999. The number of amides is 2. The maximum atomic E-state index is 12.4. The van der Waals surface area contributed by atoms with E-state index in [2.05, 4.69) is 33.0 Å². The van der Waals surface area contributed by atoms with Gasteiger partial charge in [-0.25, -0.2) is 0 Å². The van der Waals surface area contributed by atoms with E-state index in [0.717, 1.165) is 30.7 Å². The maximum absolute atomic E-state index is 12.4. The molecule has 3 aromatic rings. The zero-order valence-corrected chi connectivity index (χ0v) is 16.7. The van der Waals surface area contributed by atoms with Gasteiger partial charge < -0.3 is 10.6 Å². The molecule has 0 atom stereocenters. The van der Waals surface area contributed by atoms with Crippen LogP contribution >= 0.6 is 11.3 Å². The van der Waals surface area contributed by atoms with Crippen molar-refractivity contribution in [3.63, 3.8) is 0 Å². The summed E-state index contributed by atoms with van der Waals surface area (Å²) in [5, 5.41) is 15.1. The molecule has 2 amide bonds. The quantitative estimate of drug-likeness (QED) is 0.553. The van der Waals surface area contributed by atoms with Crippen LogP contribution in [0.4, 0.5) is 5.69 Å². The van der Waals surface area contributed by atoms with Crippen molar-refractivity contribution in [2.75, 3.05) is 11.9 Å². The van der Waals surface area contributed by atoms with Gasteiger partial charge in [0.15, 0.2) is 0 Å². The van der Waals surface area contributed by atoms with Crippen LogP contribution < -0.4 is 10.6 Å². The van der Waals surface area contributed by atoms with E-state index >= 15 is 0 Å². The van der Waals surface area contributed by atoms with Crippen molar-refractivity contribution in [3.8, 4) is 0 Å². The van der Waals surface area contributed by atoms with Crippen LogP contribution in [0.2, 0.25) is 0 Å². The highest BCUT2D eigenvalue weighted by atomic mass is 32.1. The van der Waals surface area contributed by atoms with E-state index in [1.807, 2.05) is 18.2 Å². The Balaban J connectivity index is 1.29. The molecule has 0 aliphatic heterocycles. The molecule has 1 fully saturated rings. The molecule has 148 valence electrons. The molecule has 4 rings (SSSR count). The lowest BCUT2D eigenvalue weighted by atomic mass is 10.1. The predicted molar refractivity (Wildman–Crippen MR) is 113 cm³/mol. The topological polar surface area (TPSA) is 84.0 Å². The fourth-order valence-corrected chi connectivity index (χ4v) is 3.89. The summed E-state index contributed by atoms with van der Waals surface area (Å²) in [5.41, 5.74) is 2.33. The number of hydrogen-bond donors (Lipinski definition) is 2. The first kappa shape index (κ1) is 19.3. The maximum Gasteiger partial charge on any atom is 0.286 e. The molecule has 1 aliphatic carbocycles. The fraction of sp³-hybridized carbons (Fsp3) is 0.273. The molecule has 1 aliphatic rings. The lowest BCUT2D eigenvalue weighted by Crippen LogP contribution is -2.25. The Morgan fingerprint density at radius 3 is 2.62 bits per heavy atom. The third kappa shape index (κ3) is 5.26. The lowest BCUT2D eigenvalue weighted by Gasteiger charge is -2.08. The van der Waals surface area contributed by atoms with Crippen LogP contribution in [0.3, 0.4) is 0 Å². The Morgan fingerprint density at radius 2 is 1.83 bits per heavy atom. The Labute approximate surface area is 173 Å². The lowest BCUT2D eigenvalue weighted by molar-refractivity contribution is 0.0951. The molecule has 1 saturated carbocycles. The van der Waals surface area contributed by atoms with Gasteiger partial charge in [0.2, 0.25) is 5.01 Å². The first-order valence-corrected chi connectivity index (χ1v) is 10.6. The van der Waals surface area contributed by atoms with Gasteiger partial charge in [0.05, 0.1) is 0 Å². The minimum atomic E-state index is -0.296. The smallest absolute Gasteiger partial charge is 0.286 e. The molecule has 0 spiro atoms. The van der Waals surface area contributed by atoms with Gasteiger partial charge in [-0.3, -0.25) is 9.59 Å². The van der Waals surface area contributed by atoms with Gasteiger partial charge in [-0.1, -0.05) is 47.7 Å². The van der Waals surface area contributed by atoms with Crippen molar-refractivity contribution in [3.05, 3.63) is 75.7 Å². The Kier molecular flexibility index (Phi) is 5.95. The number of aryl methyl sites for hydroxylation is 1. The third-order valence-corrected chi connectivity index (χ3v) is 5.80. The van der Waals surface area contributed by atoms with E-state index in [0.29, 0.717) is 28.7 Å². The molecule has 0 unspecified atom stereocenters. The fourth-order valence-electron chi connectivity index (χ4n) is 2.99. The zero-order valence-electron chi connectivity index (χ0n) is 15.9. The molecule has 2 aromatic carbocycles. The number of nitrogens with zero attached hydrogens (tertiary/aromatic N) is 2. The van der Waals surface area contributed by atoms with Crippen LogP contribution in [0.1, 0.15) is 55.9 Å². The van der Waals surface area contributed by atoms with Crippen LogP contribution in [-0.2, 0) is 6.42 Å². The Hall–Kier alpha value is -3.06. The summed E-state index contributed by atoms with van der Waals surface area (Å²) in [6.45, 7) is 0.596. The number of hydrogen-bond acceptors (Lipinski definition) is 5. The van der Waals surface area contributed by atoms with Crippen LogP contribution in [0.15, 0.2) is 54.6 Å². The summed E-state index contributed by atoms with van der Waals surface area (Å²) in [6, 6.07) is 17.1. The number of nitrogens with one attached hydrogen (secondary N) is 2. The van der Waals surface area contributed by atoms with Crippen molar-refractivity contribution < 1.29 is 9.59 Å². The Morgan fingerprint density at radius 1 is 1.00 bits per heavy atom. The van der Waals surface area contributed by atoms with E-state index in [1.54, 1.807) is 24.3 Å². The van der Waals surface area contributed by atoms with Gasteiger partial charge >= 0.3 is 0 Å². The molecule has 1 aromatic heterocycles. The summed E-state index contributed by atoms with van der Waals surface area (Å²) in [4.78, 5) is 24.8. The summed E-state index contributed by atoms with van der Waals surface area (Å²) in [7, 11) is 0. The molecule has 6 nitrogen and oxygen atoms in total. The average Bonchev–Trinajstić information content (AvgIpc) is 3.48. The number of rotatable bonds is 8. The summed E-state index contributed by atoms with van der Waals surface area (Å²) < 4.78 is 0. The molecule has 7 heteroatoms. The van der Waals surface area contributed by atoms with E-state index < -0.39 is 0 Å². The molecule has 29 heavy (non-hydrogen) atoms. The number of carbonyl (C=O) groups excluding carboxylic acids is 2. The highest BCUT2D eigenvalue weighted by Crippen LogP contribution is 2.41. The van der Waals surface area contributed by atoms with E-state index in [1.165, 1.54) is 16.9 Å². The zero-order chi connectivity index (χ0) is 20.1. The minimum absolute atomic E-state index is 0.152. The number of aromatic nitrogens is 2. The van der Waals surface area contributed by atoms with Crippen molar-refractivity contribution >= 4 is 28.8 Å². The van der Waals surface area contributed by atoms with Crippen LogP contribution in [0.25, 0.3) is 0 Å². The second-order valence-corrected chi connectivity index (χ2v) is 8.11. The average molecular weight is 407 g/mol. The summed E-state index contributed by atoms with van der Waals surface area (Å²) in [5.74, 6) is 0.0267. The van der Waals surface area contributed by atoms with Crippen LogP contribution in [0.5, 0.6) is 0 Å². The monoisotopic (exact) mass is 406 g/mol. The third-order valence-electron chi connectivity index (χ3n) is 4.71. The normalized spacial score (nSPS) is 13.1. The van der Waals surface area contributed by atoms with Gasteiger partial charge in [-0.2, -0.15) is 0 Å². The van der Waals surface area contributed by atoms with E-state index in [-0.39, 0.29) is 11.8 Å². The van der Waals surface area contributed by atoms with Gasteiger partial charge in [0, 0.05) is 23.7 Å². The highest BCUT2D eigenvalue weighted by Gasteiger charge is 2.28. The second-order valence-electron chi connectivity index (χ2n) is 7.10. The van der Waals surface area contributed by atoms with Crippen molar-refractivity contribution in [2.24, 2.45) is 0 Å². The summed E-state index contributed by atoms with van der Waals surface area (Å²) in [6.07, 6.45) is 4.03. The SMILES string of the molecule is O=C(NCCCc1ccccc1)c1cccc(NC(=O)c2nnc(C3CC3)s2)c1. The number of anilines is 1. The first-order chi connectivity index (χ1) is 14.2. The number of benzene rings is 2. The standard InChI is InChI=1S/C22H22N4O2S/c27-19(23-13-5-8-15-6-2-1-3-7-15)17-9-4-10-18(14-17)24-20(28)22-26-25-21(29-22)16-11-12-16/h1-4,6-7,9-10,14,16H,5,8,11-13H2,(H,23,27)(H,24,28). The van der Waals surface area contributed by atoms with Gasteiger partial charge in [-0.05, 0) is 49.4 Å². The van der Waals surface area contributed by atoms with Crippen molar-refractivity contribution in [1.82, 2.24) is 15.5 Å². The van der Waals surface area contributed by atoms with Gasteiger partial charge in [0.1, 0.15) is 5.01 Å². The second kappa shape index (κ2) is 8.96.